The Balaban J connectivity index is 1.90. The summed E-state index contributed by atoms with van der Waals surface area (Å²) in [6, 6.07) is 5.87. The predicted octanol–water partition coefficient (Wildman–Crippen LogP) is 3.59. The number of thioether (sulfide) groups is 1. The lowest BCUT2D eigenvalue weighted by Crippen LogP contribution is -2.10. The molecule has 0 aliphatic carbocycles. The topological polar surface area (TPSA) is 12.0 Å². The van der Waals surface area contributed by atoms with E-state index < -0.39 is 0 Å². The molecule has 1 aromatic carbocycles. The van der Waals surface area contributed by atoms with Crippen LogP contribution in [0.5, 0.6) is 0 Å². The summed E-state index contributed by atoms with van der Waals surface area (Å²) in [4.78, 5) is 0. The highest BCUT2D eigenvalue weighted by Gasteiger charge is 2.14. The fraction of sp³-hybridized carbons (Fsp3) is 0.455. The molecule has 1 atom stereocenters. The van der Waals surface area contributed by atoms with Crippen LogP contribution >= 0.6 is 35.0 Å². The third-order valence-electron chi connectivity index (χ3n) is 2.48. The van der Waals surface area contributed by atoms with E-state index in [-0.39, 0.29) is 0 Å². The Labute approximate surface area is 105 Å². The molecule has 82 valence electrons. The van der Waals surface area contributed by atoms with Crippen molar-refractivity contribution in [2.45, 2.75) is 17.4 Å². The molecule has 0 saturated carbocycles. The molecule has 1 aliphatic rings. The van der Waals surface area contributed by atoms with Gasteiger partial charge in [0.15, 0.2) is 0 Å². The van der Waals surface area contributed by atoms with Gasteiger partial charge in [-0.25, -0.2) is 0 Å². The summed E-state index contributed by atoms with van der Waals surface area (Å²) >= 11 is 13.8. The first-order chi connectivity index (χ1) is 7.25. The fourth-order valence-corrected chi connectivity index (χ4v) is 3.06. The van der Waals surface area contributed by atoms with Gasteiger partial charge in [-0.2, -0.15) is 11.8 Å². The zero-order valence-corrected chi connectivity index (χ0v) is 10.6. The van der Waals surface area contributed by atoms with Crippen LogP contribution in [0, 0.1) is 0 Å². The minimum Gasteiger partial charge on any atom is -0.316 e. The minimum atomic E-state index is 0.632. The number of halogens is 2. The molecule has 2 rings (SSSR count). The van der Waals surface area contributed by atoms with Gasteiger partial charge in [-0.05, 0) is 30.7 Å². The largest absolute Gasteiger partial charge is 0.316 e. The molecule has 15 heavy (non-hydrogen) atoms. The number of rotatable bonds is 3. The van der Waals surface area contributed by atoms with Crippen molar-refractivity contribution in [1.82, 2.24) is 5.32 Å². The van der Waals surface area contributed by atoms with E-state index in [2.05, 4.69) is 5.32 Å². The van der Waals surface area contributed by atoms with Crippen molar-refractivity contribution in [2.24, 2.45) is 0 Å². The zero-order chi connectivity index (χ0) is 10.7. The third kappa shape index (κ3) is 3.28. The smallest absolute Gasteiger partial charge is 0.0595 e. The van der Waals surface area contributed by atoms with Crippen LogP contribution in [0.4, 0.5) is 0 Å². The first-order valence-corrected chi connectivity index (χ1v) is 6.82. The molecule has 1 aromatic rings. The Kier molecular flexibility index (Phi) is 4.21. The summed E-state index contributed by atoms with van der Waals surface area (Å²) in [7, 11) is 0. The Morgan fingerprint density at radius 2 is 2.20 bits per heavy atom. The van der Waals surface area contributed by atoms with E-state index in [1.807, 2.05) is 30.0 Å². The van der Waals surface area contributed by atoms with Crippen molar-refractivity contribution >= 4 is 35.0 Å². The lowest BCUT2D eigenvalue weighted by Gasteiger charge is -2.08. The summed E-state index contributed by atoms with van der Waals surface area (Å²) in [6.45, 7) is 2.28. The van der Waals surface area contributed by atoms with E-state index in [0.717, 1.165) is 24.1 Å². The van der Waals surface area contributed by atoms with Gasteiger partial charge in [-0.15, -0.1) is 0 Å². The normalized spacial score (nSPS) is 20.8. The molecule has 4 heteroatoms. The molecule has 1 saturated heterocycles. The lowest BCUT2D eigenvalue weighted by molar-refractivity contribution is 0.858. The summed E-state index contributed by atoms with van der Waals surface area (Å²) in [5.41, 5.74) is 1.25. The van der Waals surface area contributed by atoms with E-state index in [0.29, 0.717) is 10.0 Å². The van der Waals surface area contributed by atoms with E-state index in [1.165, 1.54) is 12.0 Å². The van der Waals surface area contributed by atoms with Crippen molar-refractivity contribution in [3.63, 3.8) is 0 Å². The third-order valence-corrected chi connectivity index (χ3v) is 4.60. The van der Waals surface area contributed by atoms with E-state index in [1.54, 1.807) is 0 Å². The molecule has 0 amide bonds. The second-order valence-electron chi connectivity index (χ2n) is 3.67. The van der Waals surface area contributed by atoms with Gasteiger partial charge in [0.05, 0.1) is 10.0 Å². The van der Waals surface area contributed by atoms with Gasteiger partial charge < -0.3 is 5.32 Å². The van der Waals surface area contributed by atoms with Gasteiger partial charge in [0.1, 0.15) is 0 Å². The summed E-state index contributed by atoms with van der Waals surface area (Å²) in [5.74, 6) is 1.02. The van der Waals surface area contributed by atoms with Crippen LogP contribution in [-0.2, 0) is 5.75 Å². The van der Waals surface area contributed by atoms with Crippen molar-refractivity contribution in [3.05, 3.63) is 33.8 Å². The van der Waals surface area contributed by atoms with Crippen molar-refractivity contribution in [1.29, 1.82) is 0 Å². The average Bonchev–Trinajstić information content (AvgIpc) is 2.73. The Morgan fingerprint density at radius 1 is 1.33 bits per heavy atom. The fourth-order valence-electron chi connectivity index (χ4n) is 1.61. The SMILES string of the molecule is Clc1ccc(CSC2CCNC2)cc1Cl. The lowest BCUT2D eigenvalue weighted by atomic mass is 10.2. The molecule has 1 fully saturated rings. The van der Waals surface area contributed by atoms with Gasteiger partial charge in [0.2, 0.25) is 0 Å². The maximum absolute atomic E-state index is 5.96. The van der Waals surface area contributed by atoms with Gasteiger partial charge in [0, 0.05) is 17.5 Å². The molecule has 1 nitrogen and oxygen atoms in total. The standard InChI is InChI=1S/C11H13Cl2NS/c12-10-2-1-8(5-11(10)13)7-15-9-3-4-14-6-9/h1-2,5,9,14H,3-4,6-7H2. The van der Waals surface area contributed by atoms with Crippen LogP contribution in [-0.4, -0.2) is 18.3 Å². The Morgan fingerprint density at radius 3 is 2.87 bits per heavy atom. The van der Waals surface area contributed by atoms with Gasteiger partial charge in [0.25, 0.3) is 0 Å². The average molecular weight is 262 g/mol. The highest BCUT2D eigenvalue weighted by Crippen LogP contribution is 2.27. The predicted molar refractivity (Wildman–Crippen MR) is 69.0 cm³/mol. The van der Waals surface area contributed by atoms with Crippen molar-refractivity contribution in [3.8, 4) is 0 Å². The van der Waals surface area contributed by atoms with Gasteiger partial charge in [-0.3, -0.25) is 0 Å². The number of nitrogens with one attached hydrogen (secondary N) is 1. The van der Waals surface area contributed by atoms with E-state index >= 15 is 0 Å². The first-order valence-electron chi connectivity index (χ1n) is 5.02. The zero-order valence-electron chi connectivity index (χ0n) is 8.30. The number of hydrogen-bond acceptors (Lipinski definition) is 2. The molecule has 1 heterocycles. The van der Waals surface area contributed by atoms with Crippen LogP contribution in [0.15, 0.2) is 18.2 Å². The van der Waals surface area contributed by atoms with Crippen molar-refractivity contribution in [2.75, 3.05) is 13.1 Å². The van der Waals surface area contributed by atoms with E-state index in [9.17, 15) is 0 Å². The molecule has 1 aliphatic heterocycles. The van der Waals surface area contributed by atoms with E-state index in [4.69, 9.17) is 23.2 Å². The number of hydrogen-bond donors (Lipinski definition) is 1. The first kappa shape index (κ1) is 11.6. The quantitative estimate of drug-likeness (QED) is 0.893. The molecular formula is C11H13Cl2NS. The van der Waals surface area contributed by atoms with Crippen LogP contribution in [0.1, 0.15) is 12.0 Å². The molecule has 1 N–H and O–H groups in total. The van der Waals surface area contributed by atoms with Crippen LogP contribution in [0.3, 0.4) is 0 Å². The molecule has 0 radical (unpaired) electrons. The highest BCUT2D eigenvalue weighted by molar-refractivity contribution is 7.99. The molecule has 0 bridgehead atoms. The monoisotopic (exact) mass is 261 g/mol. The second kappa shape index (κ2) is 5.44. The summed E-state index contributed by atoms with van der Waals surface area (Å²) < 4.78 is 0. The van der Waals surface area contributed by atoms with Crippen LogP contribution < -0.4 is 5.32 Å². The van der Waals surface area contributed by atoms with Gasteiger partial charge >= 0.3 is 0 Å². The Hall–Kier alpha value is 0.110. The maximum Gasteiger partial charge on any atom is 0.0595 e. The maximum atomic E-state index is 5.96. The van der Waals surface area contributed by atoms with Crippen LogP contribution in [0.2, 0.25) is 10.0 Å². The van der Waals surface area contributed by atoms with Crippen LogP contribution in [0.25, 0.3) is 0 Å². The van der Waals surface area contributed by atoms with Crippen molar-refractivity contribution < 1.29 is 0 Å². The molecule has 1 unspecified atom stereocenters. The number of benzene rings is 1. The highest BCUT2D eigenvalue weighted by atomic mass is 35.5. The Bertz CT molecular complexity index is 337. The molecule has 0 spiro atoms. The van der Waals surface area contributed by atoms with Gasteiger partial charge in [-0.1, -0.05) is 29.3 Å². The minimum absolute atomic E-state index is 0.632. The summed E-state index contributed by atoms with van der Waals surface area (Å²) in [6.07, 6.45) is 1.27. The molecule has 0 aromatic heterocycles. The summed E-state index contributed by atoms with van der Waals surface area (Å²) in [5, 5.41) is 5.40. The second-order valence-corrected chi connectivity index (χ2v) is 5.78. The molecular weight excluding hydrogens is 249 g/mol.